The highest BCUT2D eigenvalue weighted by Gasteiger charge is 2.13. The number of aryl methyl sites for hydroxylation is 2. The standard InChI is InChI=1S/C18H24ClFN4O.HI/c1-4-16-14(17(5-2)25-24-16)11-23-18(21-3)22-9-8-12-6-7-13(20)10-15(12)19;/h6-7,10H,4-5,8-9,11H2,1-3H3,(H2,21,22,23);1H. The molecule has 8 heteroatoms. The Labute approximate surface area is 175 Å². The Morgan fingerprint density at radius 1 is 1.27 bits per heavy atom. The highest BCUT2D eigenvalue weighted by Crippen LogP contribution is 2.17. The molecule has 0 fully saturated rings. The third kappa shape index (κ3) is 6.12. The molecule has 0 saturated heterocycles. The molecule has 144 valence electrons. The quantitative estimate of drug-likeness (QED) is 0.345. The lowest BCUT2D eigenvalue weighted by Gasteiger charge is -2.12. The van der Waals surface area contributed by atoms with Gasteiger partial charge in [0.1, 0.15) is 11.6 Å². The van der Waals surface area contributed by atoms with Gasteiger partial charge in [0.15, 0.2) is 5.96 Å². The van der Waals surface area contributed by atoms with Crippen LogP contribution in [-0.2, 0) is 25.8 Å². The first kappa shape index (κ1) is 22.7. The summed E-state index contributed by atoms with van der Waals surface area (Å²) in [6.45, 7) is 5.34. The molecule has 0 spiro atoms. The van der Waals surface area contributed by atoms with E-state index in [0.717, 1.165) is 35.4 Å². The SMILES string of the molecule is CCc1noc(CC)c1CNC(=NC)NCCc1ccc(F)cc1Cl.I. The summed E-state index contributed by atoms with van der Waals surface area (Å²) in [4.78, 5) is 4.22. The van der Waals surface area contributed by atoms with Gasteiger partial charge in [-0.15, -0.1) is 24.0 Å². The Balaban J connectivity index is 0.00000338. The molecule has 0 radical (unpaired) electrons. The Hall–Kier alpha value is -1.35. The van der Waals surface area contributed by atoms with Crippen molar-refractivity contribution >= 4 is 41.5 Å². The van der Waals surface area contributed by atoms with E-state index in [4.69, 9.17) is 16.1 Å². The number of hydrogen-bond donors (Lipinski definition) is 2. The second-order valence-electron chi connectivity index (χ2n) is 5.58. The summed E-state index contributed by atoms with van der Waals surface area (Å²) in [5.41, 5.74) is 2.96. The van der Waals surface area contributed by atoms with Gasteiger partial charge in [0, 0.05) is 37.1 Å². The van der Waals surface area contributed by atoms with Crippen molar-refractivity contribution in [1.29, 1.82) is 0 Å². The molecule has 26 heavy (non-hydrogen) atoms. The zero-order valence-corrected chi connectivity index (χ0v) is 18.3. The van der Waals surface area contributed by atoms with Crippen LogP contribution < -0.4 is 10.6 Å². The monoisotopic (exact) mass is 494 g/mol. The Morgan fingerprint density at radius 2 is 2.04 bits per heavy atom. The van der Waals surface area contributed by atoms with Crippen LogP contribution in [-0.4, -0.2) is 24.7 Å². The van der Waals surface area contributed by atoms with E-state index < -0.39 is 0 Å². The molecule has 2 aromatic rings. The van der Waals surface area contributed by atoms with Crippen molar-refractivity contribution < 1.29 is 8.91 Å². The first-order valence-corrected chi connectivity index (χ1v) is 8.81. The van der Waals surface area contributed by atoms with E-state index in [9.17, 15) is 4.39 Å². The molecule has 0 bridgehead atoms. The van der Waals surface area contributed by atoms with E-state index in [1.165, 1.54) is 12.1 Å². The molecule has 0 saturated carbocycles. The van der Waals surface area contributed by atoms with Crippen molar-refractivity contribution in [3.05, 3.63) is 51.6 Å². The van der Waals surface area contributed by atoms with Crippen molar-refractivity contribution in [1.82, 2.24) is 15.8 Å². The van der Waals surface area contributed by atoms with E-state index in [1.54, 1.807) is 13.1 Å². The summed E-state index contributed by atoms with van der Waals surface area (Å²) < 4.78 is 18.4. The Kier molecular flexibility index (Phi) is 9.93. The normalized spacial score (nSPS) is 11.2. The van der Waals surface area contributed by atoms with Gasteiger partial charge in [-0.2, -0.15) is 0 Å². The Morgan fingerprint density at radius 3 is 2.65 bits per heavy atom. The van der Waals surface area contributed by atoms with Crippen LogP contribution in [0.1, 0.15) is 36.4 Å². The van der Waals surface area contributed by atoms with E-state index in [2.05, 4.69) is 27.7 Å². The molecule has 0 aliphatic rings. The van der Waals surface area contributed by atoms with Crippen LogP contribution in [0.5, 0.6) is 0 Å². The fraction of sp³-hybridized carbons (Fsp3) is 0.444. The van der Waals surface area contributed by atoms with E-state index in [-0.39, 0.29) is 29.8 Å². The highest BCUT2D eigenvalue weighted by atomic mass is 127. The van der Waals surface area contributed by atoms with Crippen LogP contribution >= 0.6 is 35.6 Å². The first-order chi connectivity index (χ1) is 12.1. The smallest absolute Gasteiger partial charge is 0.191 e. The fourth-order valence-electron chi connectivity index (χ4n) is 2.57. The van der Waals surface area contributed by atoms with E-state index in [1.807, 2.05) is 6.92 Å². The molecule has 2 rings (SSSR count). The van der Waals surface area contributed by atoms with E-state index in [0.29, 0.717) is 30.5 Å². The van der Waals surface area contributed by atoms with Crippen molar-refractivity contribution in [2.24, 2.45) is 4.99 Å². The molecule has 0 aliphatic carbocycles. The van der Waals surface area contributed by atoms with Crippen LogP contribution in [0.3, 0.4) is 0 Å². The van der Waals surface area contributed by atoms with Gasteiger partial charge in [-0.05, 0) is 30.5 Å². The summed E-state index contributed by atoms with van der Waals surface area (Å²) >= 11 is 6.04. The maximum atomic E-state index is 13.1. The van der Waals surface area contributed by atoms with Crippen LogP contribution in [0.15, 0.2) is 27.7 Å². The predicted octanol–water partition coefficient (Wildman–Crippen LogP) is 4.12. The van der Waals surface area contributed by atoms with Gasteiger partial charge in [0.05, 0.1) is 5.69 Å². The van der Waals surface area contributed by atoms with Gasteiger partial charge in [-0.25, -0.2) is 4.39 Å². The molecular formula is C18H25ClFIN4O. The summed E-state index contributed by atoms with van der Waals surface area (Å²) in [5, 5.41) is 11.1. The third-order valence-electron chi connectivity index (χ3n) is 3.97. The lowest BCUT2D eigenvalue weighted by molar-refractivity contribution is 0.380. The van der Waals surface area contributed by atoms with Crippen molar-refractivity contribution in [3.8, 4) is 0 Å². The second-order valence-corrected chi connectivity index (χ2v) is 5.98. The number of benzene rings is 1. The number of nitrogens with one attached hydrogen (secondary N) is 2. The summed E-state index contributed by atoms with van der Waals surface area (Å²) in [7, 11) is 1.72. The molecule has 0 amide bonds. The van der Waals surface area contributed by atoms with E-state index >= 15 is 0 Å². The molecule has 1 heterocycles. The van der Waals surface area contributed by atoms with Gasteiger partial charge in [-0.1, -0.05) is 36.7 Å². The van der Waals surface area contributed by atoms with Crippen LogP contribution in [0.25, 0.3) is 0 Å². The largest absolute Gasteiger partial charge is 0.361 e. The molecule has 0 aliphatic heterocycles. The average molecular weight is 495 g/mol. The maximum Gasteiger partial charge on any atom is 0.191 e. The number of aliphatic imine (C=N–C) groups is 1. The van der Waals surface area contributed by atoms with Crippen molar-refractivity contribution in [2.75, 3.05) is 13.6 Å². The third-order valence-corrected chi connectivity index (χ3v) is 4.32. The zero-order valence-electron chi connectivity index (χ0n) is 15.2. The van der Waals surface area contributed by atoms with Gasteiger partial charge in [-0.3, -0.25) is 4.99 Å². The molecule has 2 N–H and O–H groups in total. The zero-order chi connectivity index (χ0) is 18.2. The van der Waals surface area contributed by atoms with Gasteiger partial charge in [0.2, 0.25) is 0 Å². The number of nitrogens with zero attached hydrogens (tertiary/aromatic N) is 2. The summed E-state index contributed by atoms with van der Waals surface area (Å²) in [5.74, 6) is 1.26. The van der Waals surface area contributed by atoms with Crippen molar-refractivity contribution in [3.63, 3.8) is 0 Å². The van der Waals surface area contributed by atoms with Crippen LogP contribution in [0.2, 0.25) is 5.02 Å². The number of aromatic nitrogens is 1. The maximum absolute atomic E-state index is 13.1. The molecule has 5 nitrogen and oxygen atoms in total. The number of rotatable bonds is 7. The molecule has 0 unspecified atom stereocenters. The van der Waals surface area contributed by atoms with Gasteiger partial charge < -0.3 is 15.2 Å². The van der Waals surface area contributed by atoms with Gasteiger partial charge in [0.25, 0.3) is 0 Å². The molecular weight excluding hydrogens is 470 g/mol. The topological polar surface area (TPSA) is 62.5 Å². The number of halogens is 3. The second kappa shape index (κ2) is 11.4. The minimum Gasteiger partial charge on any atom is -0.361 e. The minimum absolute atomic E-state index is 0. The van der Waals surface area contributed by atoms with Crippen molar-refractivity contribution in [2.45, 2.75) is 39.7 Å². The minimum atomic E-state index is -0.327. The first-order valence-electron chi connectivity index (χ1n) is 8.43. The van der Waals surface area contributed by atoms with Crippen LogP contribution in [0, 0.1) is 5.82 Å². The molecule has 1 aromatic carbocycles. The highest BCUT2D eigenvalue weighted by molar-refractivity contribution is 14.0. The number of guanidine groups is 1. The lowest BCUT2D eigenvalue weighted by Crippen LogP contribution is -2.38. The summed E-state index contributed by atoms with van der Waals surface area (Å²) in [6, 6.07) is 4.45. The lowest BCUT2D eigenvalue weighted by atomic mass is 10.1. The number of hydrogen-bond acceptors (Lipinski definition) is 3. The summed E-state index contributed by atoms with van der Waals surface area (Å²) in [6.07, 6.45) is 2.31. The molecule has 1 aromatic heterocycles. The fourth-order valence-corrected chi connectivity index (χ4v) is 2.83. The predicted molar refractivity (Wildman–Crippen MR) is 114 cm³/mol. The molecule has 0 atom stereocenters. The van der Waals surface area contributed by atoms with Gasteiger partial charge >= 0.3 is 0 Å². The average Bonchev–Trinajstić information content (AvgIpc) is 3.01. The Bertz CT molecular complexity index is 714. The van der Waals surface area contributed by atoms with Crippen LogP contribution in [0.4, 0.5) is 4.39 Å².